The third-order valence-electron chi connectivity index (χ3n) is 4.34. The fourth-order valence-corrected chi connectivity index (χ4v) is 3.25. The van der Waals surface area contributed by atoms with Crippen molar-refractivity contribution >= 4 is 0 Å². The standard InChI is InChI=1S/C15H29N/c1-12(2)10-13-6-4-3-5-7-14(13)11-16-15-8-9-15/h12-16H,3-11H2,1-2H3. The first-order chi connectivity index (χ1) is 7.75. The van der Waals surface area contributed by atoms with Crippen LogP contribution in [0.2, 0.25) is 0 Å². The number of rotatable bonds is 5. The molecule has 0 amide bonds. The highest BCUT2D eigenvalue weighted by Gasteiger charge is 2.27. The summed E-state index contributed by atoms with van der Waals surface area (Å²) in [5, 5.41) is 3.76. The molecule has 0 heterocycles. The van der Waals surface area contributed by atoms with Gasteiger partial charge in [-0.15, -0.1) is 0 Å². The second kappa shape index (κ2) is 6.05. The zero-order valence-electron chi connectivity index (χ0n) is 11.2. The van der Waals surface area contributed by atoms with Crippen LogP contribution < -0.4 is 5.32 Å². The molecule has 0 spiro atoms. The third-order valence-corrected chi connectivity index (χ3v) is 4.34. The molecule has 0 aromatic carbocycles. The molecule has 0 aliphatic heterocycles. The molecule has 1 N–H and O–H groups in total. The van der Waals surface area contributed by atoms with E-state index in [1.807, 2.05) is 0 Å². The Bertz CT molecular complexity index is 196. The smallest absolute Gasteiger partial charge is 0.00683 e. The molecule has 2 rings (SSSR count). The van der Waals surface area contributed by atoms with E-state index in [0.717, 1.165) is 23.8 Å². The van der Waals surface area contributed by atoms with Crippen molar-refractivity contribution in [3.8, 4) is 0 Å². The topological polar surface area (TPSA) is 12.0 Å². The van der Waals surface area contributed by atoms with Crippen molar-refractivity contribution in [1.29, 1.82) is 0 Å². The van der Waals surface area contributed by atoms with E-state index < -0.39 is 0 Å². The maximum atomic E-state index is 3.76. The maximum absolute atomic E-state index is 3.76. The lowest BCUT2D eigenvalue weighted by molar-refractivity contribution is 0.256. The van der Waals surface area contributed by atoms with Crippen molar-refractivity contribution in [3.05, 3.63) is 0 Å². The van der Waals surface area contributed by atoms with Gasteiger partial charge in [0.15, 0.2) is 0 Å². The molecule has 16 heavy (non-hydrogen) atoms. The van der Waals surface area contributed by atoms with Crippen molar-refractivity contribution in [2.75, 3.05) is 6.54 Å². The highest BCUT2D eigenvalue weighted by Crippen LogP contribution is 2.33. The van der Waals surface area contributed by atoms with Crippen molar-refractivity contribution in [2.45, 2.75) is 71.3 Å². The molecule has 2 fully saturated rings. The molecule has 2 atom stereocenters. The largest absolute Gasteiger partial charge is 0.314 e. The molecule has 0 radical (unpaired) electrons. The summed E-state index contributed by atoms with van der Waals surface area (Å²) in [7, 11) is 0. The Hall–Kier alpha value is -0.0400. The first-order valence-electron chi connectivity index (χ1n) is 7.49. The average molecular weight is 223 g/mol. The summed E-state index contributed by atoms with van der Waals surface area (Å²) in [6.45, 7) is 6.08. The van der Waals surface area contributed by atoms with Gasteiger partial charge in [-0.1, -0.05) is 39.5 Å². The summed E-state index contributed by atoms with van der Waals surface area (Å²) in [5.41, 5.74) is 0. The van der Waals surface area contributed by atoms with Crippen LogP contribution in [0.1, 0.15) is 65.2 Å². The van der Waals surface area contributed by atoms with Crippen LogP contribution in [0.4, 0.5) is 0 Å². The van der Waals surface area contributed by atoms with Gasteiger partial charge < -0.3 is 5.32 Å². The molecule has 94 valence electrons. The van der Waals surface area contributed by atoms with Crippen LogP contribution in [-0.4, -0.2) is 12.6 Å². The second-order valence-electron chi connectivity index (χ2n) is 6.47. The van der Waals surface area contributed by atoms with Crippen molar-refractivity contribution in [2.24, 2.45) is 17.8 Å². The second-order valence-corrected chi connectivity index (χ2v) is 6.47. The van der Waals surface area contributed by atoms with Gasteiger partial charge in [0.05, 0.1) is 0 Å². The fraction of sp³-hybridized carbons (Fsp3) is 1.00. The molecule has 0 aromatic heterocycles. The van der Waals surface area contributed by atoms with Crippen LogP contribution >= 0.6 is 0 Å². The molecule has 1 nitrogen and oxygen atoms in total. The highest BCUT2D eigenvalue weighted by atomic mass is 14.9. The molecule has 1 heteroatoms. The summed E-state index contributed by atoms with van der Waals surface area (Å²) in [5.74, 6) is 2.87. The van der Waals surface area contributed by atoms with E-state index >= 15 is 0 Å². The molecule has 2 unspecified atom stereocenters. The summed E-state index contributed by atoms with van der Waals surface area (Å²) in [6, 6.07) is 0.892. The van der Waals surface area contributed by atoms with Crippen LogP contribution in [0.3, 0.4) is 0 Å². The zero-order chi connectivity index (χ0) is 11.4. The summed E-state index contributed by atoms with van der Waals surface area (Å²) < 4.78 is 0. The lowest BCUT2D eigenvalue weighted by atomic mass is 9.82. The minimum absolute atomic E-state index is 0.881. The summed E-state index contributed by atoms with van der Waals surface area (Å²) in [6.07, 6.45) is 11.7. The Morgan fingerprint density at radius 1 is 0.938 bits per heavy atom. The predicted molar refractivity (Wildman–Crippen MR) is 70.5 cm³/mol. The first-order valence-corrected chi connectivity index (χ1v) is 7.49. The van der Waals surface area contributed by atoms with E-state index in [4.69, 9.17) is 0 Å². The normalized spacial score (nSPS) is 31.7. The van der Waals surface area contributed by atoms with Crippen LogP contribution in [0.5, 0.6) is 0 Å². The Labute approximate surface area is 101 Å². The van der Waals surface area contributed by atoms with Gasteiger partial charge in [0.2, 0.25) is 0 Å². The average Bonchev–Trinajstić information content (AvgIpc) is 3.02. The van der Waals surface area contributed by atoms with Crippen molar-refractivity contribution in [1.82, 2.24) is 5.32 Å². The van der Waals surface area contributed by atoms with Crippen LogP contribution in [-0.2, 0) is 0 Å². The predicted octanol–water partition coefficient (Wildman–Crippen LogP) is 3.98. The number of nitrogens with one attached hydrogen (secondary N) is 1. The van der Waals surface area contributed by atoms with Gasteiger partial charge >= 0.3 is 0 Å². The van der Waals surface area contributed by atoms with E-state index in [0.29, 0.717) is 0 Å². The Morgan fingerprint density at radius 2 is 1.62 bits per heavy atom. The lowest BCUT2D eigenvalue weighted by Gasteiger charge is -2.27. The lowest BCUT2D eigenvalue weighted by Crippen LogP contribution is -2.29. The Balaban J connectivity index is 1.81. The Kier molecular flexibility index (Phi) is 4.69. The SMILES string of the molecule is CC(C)CC1CCCCCC1CNC1CC1. The van der Waals surface area contributed by atoms with Crippen molar-refractivity contribution in [3.63, 3.8) is 0 Å². The van der Waals surface area contributed by atoms with Gasteiger partial charge in [0.1, 0.15) is 0 Å². The fourth-order valence-electron chi connectivity index (χ4n) is 3.25. The minimum atomic E-state index is 0.881. The zero-order valence-corrected chi connectivity index (χ0v) is 11.2. The van der Waals surface area contributed by atoms with E-state index in [1.165, 1.54) is 57.9 Å². The van der Waals surface area contributed by atoms with Gasteiger partial charge in [0, 0.05) is 6.04 Å². The van der Waals surface area contributed by atoms with Gasteiger partial charge in [-0.2, -0.15) is 0 Å². The molecular weight excluding hydrogens is 194 g/mol. The van der Waals surface area contributed by atoms with E-state index in [1.54, 1.807) is 0 Å². The molecule has 0 bridgehead atoms. The van der Waals surface area contributed by atoms with Gasteiger partial charge in [-0.3, -0.25) is 0 Å². The van der Waals surface area contributed by atoms with E-state index in [9.17, 15) is 0 Å². The van der Waals surface area contributed by atoms with Gasteiger partial charge in [-0.05, 0) is 50.0 Å². The van der Waals surface area contributed by atoms with Crippen LogP contribution in [0.25, 0.3) is 0 Å². The van der Waals surface area contributed by atoms with E-state index in [-0.39, 0.29) is 0 Å². The van der Waals surface area contributed by atoms with Crippen LogP contribution in [0, 0.1) is 17.8 Å². The monoisotopic (exact) mass is 223 g/mol. The molecule has 2 saturated carbocycles. The summed E-state index contributed by atoms with van der Waals surface area (Å²) in [4.78, 5) is 0. The minimum Gasteiger partial charge on any atom is -0.314 e. The van der Waals surface area contributed by atoms with Gasteiger partial charge in [0.25, 0.3) is 0 Å². The van der Waals surface area contributed by atoms with Crippen LogP contribution in [0.15, 0.2) is 0 Å². The highest BCUT2D eigenvalue weighted by molar-refractivity contribution is 4.84. The van der Waals surface area contributed by atoms with Crippen molar-refractivity contribution < 1.29 is 0 Å². The van der Waals surface area contributed by atoms with E-state index in [2.05, 4.69) is 19.2 Å². The quantitative estimate of drug-likeness (QED) is 0.695. The molecule has 0 aromatic rings. The third kappa shape index (κ3) is 4.08. The molecule has 2 aliphatic carbocycles. The molecular formula is C15H29N. The first kappa shape index (κ1) is 12.4. The number of hydrogen-bond donors (Lipinski definition) is 1. The summed E-state index contributed by atoms with van der Waals surface area (Å²) >= 11 is 0. The number of hydrogen-bond acceptors (Lipinski definition) is 1. The van der Waals surface area contributed by atoms with Gasteiger partial charge in [-0.25, -0.2) is 0 Å². The molecule has 2 aliphatic rings. The Morgan fingerprint density at radius 3 is 2.25 bits per heavy atom. The molecule has 0 saturated heterocycles. The maximum Gasteiger partial charge on any atom is 0.00683 e.